The molecule has 0 radical (unpaired) electrons. The Kier molecular flexibility index (Phi) is 8.15. The predicted molar refractivity (Wildman–Crippen MR) is 253 cm³/mol. The molecular weight excluding hydrogens is 745 g/mol. The summed E-state index contributed by atoms with van der Waals surface area (Å²) < 4.78 is 10.5. The quantitative estimate of drug-likeness (QED) is 0.0913. The Labute approximate surface area is 358 Å². The van der Waals surface area contributed by atoms with Crippen LogP contribution in [-0.4, -0.2) is 9.55 Å². The molecule has 0 amide bonds. The normalized spacial score (nSPS) is 18.1. The van der Waals surface area contributed by atoms with Crippen molar-refractivity contribution in [3.8, 4) is 39.6 Å². The number of rotatable bonds is 7. The fourth-order valence-electron chi connectivity index (χ4n) is 9.83. The van der Waals surface area contributed by atoms with E-state index in [2.05, 4.69) is 229 Å². The van der Waals surface area contributed by atoms with E-state index in [0.717, 1.165) is 50.6 Å². The summed E-state index contributed by atoms with van der Waals surface area (Å²) >= 11 is 0. The van der Waals surface area contributed by atoms with Crippen molar-refractivity contribution in [2.45, 2.75) is 52.4 Å². The number of nitrogens with zero attached hydrogens (tertiary/aromatic N) is 4. The molecule has 4 heterocycles. The number of para-hydroxylation sites is 3. The van der Waals surface area contributed by atoms with Gasteiger partial charge >= 0.3 is 0 Å². The van der Waals surface area contributed by atoms with Crippen LogP contribution < -0.4 is 13.9 Å². The van der Waals surface area contributed by atoms with Gasteiger partial charge in [0.05, 0.1) is 11.0 Å². The van der Waals surface area contributed by atoms with Crippen molar-refractivity contribution >= 4 is 44.6 Å². The number of aromatic nitrogens is 2. The van der Waals surface area contributed by atoms with Crippen molar-refractivity contribution in [1.82, 2.24) is 18.7 Å². The Bertz CT molecular complexity index is 3170. The highest BCUT2D eigenvalue weighted by Gasteiger charge is 2.78. The van der Waals surface area contributed by atoms with Crippen LogP contribution in [0.15, 0.2) is 182 Å². The van der Waals surface area contributed by atoms with Gasteiger partial charge in [0.2, 0.25) is 11.4 Å². The third-order valence-corrected chi connectivity index (χ3v) is 12.8. The molecule has 0 saturated carbocycles. The maximum Gasteiger partial charge on any atom is 0.225 e. The molecule has 2 aliphatic rings. The van der Waals surface area contributed by atoms with Gasteiger partial charge in [0, 0.05) is 58.9 Å². The maximum atomic E-state index is 7.06. The van der Waals surface area contributed by atoms with Gasteiger partial charge in [0.1, 0.15) is 17.3 Å². The van der Waals surface area contributed by atoms with Crippen LogP contribution in [0.25, 0.3) is 49.9 Å². The number of fused-ring (bicyclic) bond motifs is 7. The lowest BCUT2D eigenvalue weighted by molar-refractivity contribution is 0.424. The fraction of sp³-hybridized carbons (Fsp3) is 0.143. The van der Waals surface area contributed by atoms with E-state index in [1.807, 2.05) is 6.20 Å². The van der Waals surface area contributed by atoms with Gasteiger partial charge in [-0.1, -0.05) is 145 Å². The molecule has 5 nitrogen and oxygen atoms in total. The van der Waals surface area contributed by atoms with E-state index in [0.29, 0.717) is 9.18 Å². The summed E-state index contributed by atoms with van der Waals surface area (Å²) in [6.07, 6.45) is 1.93. The van der Waals surface area contributed by atoms with Gasteiger partial charge in [0.15, 0.2) is 18.0 Å². The van der Waals surface area contributed by atoms with Crippen molar-refractivity contribution in [3.63, 3.8) is 0 Å². The maximum absolute atomic E-state index is 7.06. The Morgan fingerprint density at radius 2 is 1.15 bits per heavy atom. The highest BCUT2D eigenvalue weighted by Crippen LogP contribution is 2.76. The molecule has 0 spiro atoms. The molecule has 1 saturated heterocycles. The second-order valence-electron chi connectivity index (χ2n) is 18.7. The van der Waals surface area contributed by atoms with Gasteiger partial charge in [-0.05, 0) is 75.0 Å². The zero-order valence-corrected chi connectivity index (χ0v) is 35.6. The van der Waals surface area contributed by atoms with Crippen LogP contribution in [0, 0.1) is 6.67 Å². The Morgan fingerprint density at radius 3 is 1.89 bits per heavy atom. The highest BCUT2D eigenvalue weighted by molar-refractivity contribution is 6.09. The molecule has 2 atom stereocenters. The molecule has 11 rings (SSSR count). The molecule has 0 N–H and O–H groups in total. The topological polar surface area (TPSA) is 27.1 Å². The number of quaternary nitrogens is 2. The zero-order valence-electron chi connectivity index (χ0n) is 35.6. The first kappa shape index (κ1) is 37.2. The SMILES string of the molecule is CC(C)(C)c1ccnc(-n2c3ccccc3c3ccc(Oc4cc(-c5ccccc5)cc([N+]56[CH-][N@+]5(c5cccc(C(C)(C)C)c5-c5ccccc5)c5ccccc56)c4)cc32)c1. The summed E-state index contributed by atoms with van der Waals surface area (Å²) in [5.74, 6) is 2.45. The molecule has 0 bridgehead atoms. The van der Waals surface area contributed by atoms with E-state index in [1.165, 1.54) is 44.7 Å². The van der Waals surface area contributed by atoms with Crippen molar-refractivity contribution in [2.24, 2.45) is 0 Å². The lowest BCUT2D eigenvalue weighted by Gasteiger charge is -2.41. The van der Waals surface area contributed by atoms with Gasteiger partial charge in [-0.3, -0.25) is 4.57 Å². The third-order valence-electron chi connectivity index (χ3n) is 12.8. The second-order valence-corrected chi connectivity index (χ2v) is 18.7. The zero-order chi connectivity index (χ0) is 41.7. The minimum Gasteiger partial charge on any atom is -0.457 e. The van der Waals surface area contributed by atoms with E-state index >= 15 is 0 Å². The van der Waals surface area contributed by atoms with E-state index < -0.39 is 0 Å². The van der Waals surface area contributed by atoms with Crippen molar-refractivity contribution < 1.29 is 4.74 Å². The minimum absolute atomic E-state index is 0.0149. The van der Waals surface area contributed by atoms with E-state index in [-0.39, 0.29) is 10.8 Å². The molecule has 298 valence electrons. The average molecular weight is 794 g/mol. The molecule has 2 aromatic heterocycles. The summed E-state index contributed by atoms with van der Waals surface area (Å²) in [5.41, 5.74) is 14.4. The summed E-state index contributed by atoms with van der Waals surface area (Å²) in [7, 11) is 0. The molecule has 1 unspecified atom stereocenters. The molecule has 7 aromatic carbocycles. The van der Waals surface area contributed by atoms with Crippen molar-refractivity contribution in [1.29, 1.82) is 0 Å². The number of ether oxygens (including phenoxy) is 1. The van der Waals surface area contributed by atoms with Gasteiger partial charge in [-0.15, -0.1) is 0 Å². The van der Waals surface area contributed by atoms with Crippen LogP contribution in [-0.2, 0) is 10.8 Å². The number of pyridine rings is 1. The third kappa shape index (κ3) is 5.65. The van der Waals surface area contributed by atoms with E-state index in [9.17, 15) is 0 Å². The van der Waals surface area contributed by atoms with E-state index in [4.69, 9.17) is 9.72 Å². The molecule has 9 aromatic rings. The summed E-state index contributed by atoms with van der Waals surface area (Å²) in [5, 5.41) is 2.34. The lowest BCUT2D eigenvalue weighted by Crippen LogP contribution is -2.46. The number of benzene rings is 7. The van der Waals surface area contributed by atoms with Gasteiger partial charge < -0.3 is 4.74 Å². The number of hydrogen-bond donors (Lipinski definition) is 0. The first-order valence-corrected chi connectivity index (χ1v) is 21.3. The van der Waals surface area contributed by atoms with Crippen LogP contribution in [0.4, 0.5) is 22.7 Å². The molecule has 2 aliphatic heterocycles. The average Bonchev–Trinajstić information content (AvgIpc) is 3.76. The summed E-state index contributed by atoms with van der Waals surface area (Å²) in [6.45, 7) is 16.2. The van der Waals surface area contributed by atoms with Gasteiger partial charge in [0.25, 0.3) is 0 Å². The van der Waals surface area contributed by atoms with Gasteiger partial charge in [-0.2, -0.15) is 9.18 Å². The lowest BCUT2D eigenvalue weighted by atomic mass is 9.80. The van der Waals surface area contributed by atoms with Crippen LogP contribution in [0.5, 0.6) is 11.5 Å². The predicted octanol–water partition coefficient (Wildman–Crippen LogP) is 15.2. The van der Waals surface area contributed by atoms with Crippen molar-refractivity contribution in [3.05, 3.63) is 200 Å². The van der Waals surface area contributed by atoms with Crippen LogP contribution >= 0.6 is 0 Å². The Balaban J connectivity index is 1.09. The first-order valence-electron chi connectivity index (χ1n) is 21.3. The van der Waals surface area contributed by atoms with Gasteiger partial charge in [-0.25, -0.2) is 4.98 Å². The largest absolute Gasteiger partial charge is 0.457 e. The smallest absolute Gasteiger partial charge is 0.225 e. The Morgan fingerprint density at radius 1 is 0.492 bits per heavy atom. The number of hydrogen-bond acceptors (Lipinski definition) is 2. The highest BCUT2D eigenvalue weighted by atomic mass is 16.5. The fourth-order valence-corrected chi connectivity index (χ4v) is 9.83. The molecule has 5 heteroatoms. The Hall–Kier alpha value is -6.79. The molecular formula is C56H49N4O+. The van der Waals surface area contributed by atoms with E-state index in [1.54, 1.807) is 0 Å². The monoisotopic (exact) mass is 793 g/mol. The first-order chi connectivity index (χ1) is 29.5. The van der Waals surface area contributed by atoms with Crippen LogP contribution in [0.3, 0.4) is 0 Å². The minimum atomic E-state index is -0.0674. The summed E-state index contributed by atoms with van der Waals surface area (Å²) in [6, 6.07) is 63.6. The van der Waals surface area contributed by atoms with Crippen LogP contribution in [0.1, 0.15) is 52.7 Å². The van der Waals surface area contributed by atoms with Crippen molar-refractivity contribution in [2.75, 3.05) is 0 Å². The molecule has 0 aliphatic carbocycles. The molecule has 1 fully saturated rings. The standard InChI is InChI=1S/C56H49N4O/c1-55(2,3)41-30-31-57-53(34-41)58-48-24-14-13-22-45(48)46-29-28-43(36-49(46)58)61-44-33-40(38-18-9-7-10-19-38)32-42(35-44)59-37-60(59,51-26-16-15-25-50(51)59)52-27-17-23-47(56(4,5)6)54(52)39-20-11-8-12-21-39/h7-37H,1-6H3/q+1/t59?,60-/m1/s1. The van der Waals surface area contributed by atoms with Crippen LogP contribution in [0.2, 0.25) is 0 Å². The molecule has 61 heavy (non-hydrogen) atoms. The summed E-state index contributed by atoms with van der Waals surface area (Å²) in [4.78, 5) is 4.92. The second kappa shape index (κ2) is 13.4.